The van der Waals surface area contributed by atoms with E-state index < -0.39 is 0 Å². The van der Waals surface area contributed by atoms with Crippen molar-refractivity contribution >= 4 is 58.4 Å². The van der Waals surface area contributed by atoms with E-state index in [2.05, 4.69) is 30.9 Å². The van der Waals surface area contributed by atoms with Crippen molar-refractivity contribution in [1.82, 2.24) is 24.8 Å². The minimum Gasteiger partial charge on any atom is -0.331 e. The van der Waals surface area contributed by atoms with Gasteiger partial charge in [0.2, 0.25) is 10.6 Å². The van der Waals surface area contributed by atoms with Crippen LogP contribution < -0.4 is 10.7 Å². The molecule has 0 radical (unpaired) electrons. The van der Waals surface area contributed by atoms with Crippen LogP contribution in [0.4, 0.5) is 5.69 Å². The maximum atomic E-state index is 5.98. The van der Waals surface area contributed by atoms with Gasteiger partial charge in [0.15, 0.2) is 5.11 Å². The van der Waals surface area contributed by atoms with Gasteiger partial charge in [-0.05, 0) is 42.6 Å². The summed E-state index contributed by atoms with van der Waals surface area (Å²) >= 11 is 22.4. The normalized spacial score (nSPS) is 10.4. The number of anilines is 1. The first-order valence-electron chi connectivity index (χ1n) is 6.51. The number of benzene rings is 1. The summed E-state index contributed by atoms with van der Waals surface area (Å²) in [6, 6.07) is 5.08. The fourth-order valence-electron chi connectivity index (χ4n) is 1.82. The largest absolute Gasteiger partial charge is 0.331 e. The summed E-state index contributed by atoms with van der Waals surface area (Å²) in [7, 11) is 0. The van der Waals surface area contributed by atoms with Crippen LogP contribution in [0.15, 0.2) is 36.8 Å². The van der Waals surface area contributed by atoms with Crippen LogP contribution in [0.2, 0.25) is 10.0 Å². The number of hydrogen-bond donors (Lipinski definition) is 3. The molecule has 0 atom stereocenters. The third kappa shape index (κ3) is 3.70. The van der Waals surface area contributed by atoms with Crippen molar-refractivity contribution in [2.75, 3.05) is 10.7 Å². The Kier molecular flexibility index (Phi) is 5.05. The smallest absolute Gasteiger partial charge is 0.215 e. The molecule has 2 aromatic heterocycles. The lowest BCUT2D eigenvalue weighted by Gasteiger charge is -2.12. The standard InChI is InChI=1S/C13H9Cl2N7S2/c14-8-2-1-7(5-9(8)15)18-12(23)21-22-11(19-20-13(22)24)10-6-16-3-4-17-10/h1-6H,(H,20,24)(H2,18,21,23). The van der Waals surface area contributed by atoms with Crippen molar-refractivity contribution in [3.8, 4) is 11.5 Å². The number of nitrogens with one attached hydrogen (secondary N) is 3. The molecule has 0 aliphatic heterocycles. The second-order valence-corrected chi connectivity index (χ2v) is 6.08. The maximum absolute atomic E-state index is 5.98. The zero-order chi connectivity index (χ0) is 17.1. The number of halogens is 2. The van der Waals surface area contributed by atoms with E-state index in [1.165, 1.54) is 4.68 Å². The van der Waals surface area contributed by atoms with Gasteiger partial charge in [-0.15, -0.1) is 0 Å². The molecule has 0 fully saturated rings. The van der Waals surface area contributed by atoms with Crippen LogP contribution in [0.1, 0.15) is 0 Å². The molecule has 0 saturated heterocycles. The van der Waals surface area contributed by atoms with Gasteiger partial charge in [0.05, 0.1) is 16.2 Å². The fraction of sp³-hybridized carbons (Fsp3) is 0. The van der Waals surface area contributed by atoms with E-state index in [0.717, 1.165) is 0 Å². The van der Waals surface area contributed by atoms with E-state index >= 15 is 0 Å². The number of nitrogens with zero attached hydrogens (tertiary/aromatic N) is 4. The summed E-state index contributed by atoms with van der Waals surface area (Å²) < 4.78 is 1.82. The zero-order valence-corrected chi connectivity index (χ0v) is 15.0. The lowest BCUT2D eigenvalue weighted by molar-refractivity contribution is 0.953. The van der Waals surface area contributed by atoms with Gasteiger partial charge >= 0.3 is 0 Å². The van der Waals surface area contributed by atoms with Crippen LogP contribution in [0, 0.1) is 4.77 Å². The van der Waals surface area contributed by atoms with E-state index in [4.69, 9.17) is 47.6 Å². The summed E-state index contributed by atoms with van der Waals surface area (Å²) in [6.07, 6.45) is 4.70. The monoisotopic (exact) mass is 397 g/mol. The Bertz CT molecular complexity index is 939. The van der Waals surface area contributed by atoms with Crippen LogP contribution in [0.3, 0.4) is 0 Å². The van der Waals surface area contributed by atoms with Crippen LogP contribution in [-0.2, 0) is 0 Å². The molecule has 11 heteroatoms. The van der Waals surface area contributed by atoms with Gasteiger partial charge < -0.3 is 5.32 Å². The van der Waals surface area contributed by atoms with Crippen LogP contribution in [-0.4, -0.2) is 30.0 Å². The topological polar surface area (TPSA) is 83.4 Å². The molecule has 0 aliphatic carbocycles. The summed E-state index contributed by atoms with van der Waals surface area (Å²) in [4.78, 5) is 8.20. The summed E-state index contributed by atoms with van der Waals surface area (Å²) in [5.74, 6) is 0.450. The minimum atomic E-state index is 0.288. The molecular weight excluding hydrogens is 389 g/mol. The Labute approximate surface area is 157 Å². The van der Waals surface area contributed by atoms with E-state index in [9.17, 15) is 0 Å². The third-order valence-corrected chi connectivity index (χ3v) is 4.06. The highest BCUT2D eigenvalue weighted by Gasteiger charge is 2.11. The van der Waals surface area contributed by atoms with Crippen molar-refractivity contribution in [2.45, 2.75) is 0 Å². The number of hydrogen-bond acceptors (Lipinski definition) is 5. The van der Waals surface area contributed by atoms with Crippen molar-refractivity contribution < 1.29 is 0 Å². The minimum absolute atomic E-state index is 0.288. The van der Waals surface area contributed by atoms with Crippen LogP contribution in [0.25, 0.3) is 11.5 Å². The fourth-order valence-corrected chi connectivity index (χ4v) is 2.51. The van der Waals surface area contributed by atoms with E-state index in [0.29, 0.717) is 32.0 Å². The predicted octanol–water partition coefficient (Wildman–Crippen LogP) is 3.64. The molecule has 0 unspecified atom stereocenters. The summed E-state index contributed by atoms with van der Waals surface area (Å²) in [6.45, 7) is 0. The van der Waals surface area contributed by atoms with Gasteiger partial charge in [-0.25, -0.2) is 14.8 Å². The van der Waals surface area contributed by atoms with Crippen molar-refractivity contribution in [1.29, 1.82) is 0 Å². The first-order valence-corrected chi connectivity index (χ1v) is 8.08. The van der Waals surface area contributed by atoms with Gasteiger partial charge in [0, 0.05) is 18.1 Å². The molecular formula is C13H9Cl2N7S2. The Morgan fingerprint density at radius 1 is 1.21 bits per heavy atom. The van der Waals surface area contributed by atoms with Gasteiger partial charge in [-0.3, -0.25) is 10.4 Å². The molecule has 3 aromatic rings. The van der Waals surface area contributed by atoms with Gasteiger partial charge in [0.1, 0.15) is 5.69 Å². The van der Waals surface area contributed by atoms with E-state index in [1.807, 2.05) is 0 Å². The molecule has 3 rings (SSSR count). The maximum Gasteiger partial charge on any atom is 0.215 e. The Hall–Kier alpha value is -2.07. The Morgan fingerprint density at radius 3 is 2.75 bits per heavy atom. The first-order chi connectivity index (χ1) is 11.5. The highest BCUT2D eigenvalue weighted by molar-refractivity contribution is 7.80. The third-order valence-electron chi connectivity index (χ3n) is 2.86. The second kappa shape index (κ2) is 7.22. The molecule has 0 bridgehead atoms. The number of H-pyrrole nitrogens is 1. The highest BCUT2D eigenvalue weighted by atomic mass is 35.5. The van der Waals surface area contributed by atoms with Crippen molar-refractivity contribution in [2.24, 2.45) is 0 Å². The summed E-state index contributed by atoms with van der Waals surface area (Å²) in [5, 5.41) is 11.0. The van der Waals surface area contributed by atoms with Crippen molar-refractivity contribution in [3.63, 3.8) is 0 Å². The average molecular weight is 398 g/mol. The molecule has 0 aliphatic rings. The number of rotatable bonds is 3. The van der Waals surface area contributed by atoms with Gasteiger partial charge in [-0.1, -0.05) is 23.2 Å². The molecule has 1 aromatic carbocycles. The second-order valence-electron chi connectivity index (χ2n) is 4.47. The highest BCUT2D eigenvalue weighted by Crippen LogP contribution is 2.25. The summed E-state index contributed by atoms with van der Waals surface area (Å²) in [5.41, 5.74) is 4.15. The lowest BCUT2D eigenvalue weighted by Crippen LogP contribution is -2.28. The molecule has 3 N–H and O–H groups in total. The molecule has 0 spiro atoms. The number of aromatic nitrogens is 5. The number of thiocarbonyl (C=S) groups is 1. The predicted molar refractivity (Wildman–Crippen MR) is 100 cm³/mol. The molecule has 0 amide bonds. The molecule has 2 heterocycles. The number of aromatic amines is 1. The molecule has 122 valence electrons. The molecule has 0 saturated carbocycles. The van der Waals surface area contributed by atoms with Gasteiger partial charge in [-0.2, -0.15) is 5.10 Å². The Balaban J connectivity index is 1.81. The van der Waals surface area contributed by atoms with Crippen LogP contribution >= 0.6 is 47.6 Å². The van der Waals surface area contributed by atoms with Gasteiger partial charge in [0.25, 0.3) is 0 Å². The molecule has 24 heavy (non-hydrogen) atoms. The molecule has 7 nitrogen and oxygen atoms in total. The van der Waals surface area contributed by atoms with E-state index in [-0.39, 0.29) is 5.11 Å². The Morgan fingerprint density at radius 2 is 2.04 bits per heavy atom. The quantitative estimate of drug-likeness (QED) is 0.581. The van der Waals surface area contributed by atoms with Crippen molar-refractivity contribution in [3.05, 3.63) is 51.6 Å². The SMILES string of the molecule is S=C(Nc1ccc(Cl)c(Cl)c1)Nn1c(-c2cnccn2)n[nH]c1=S. The lowest BCUT2D eigenvalue weighted by atomic mass is 10.3. The average Bonchev–Trinajstić information content (AvgIpc) is 2.93. The van der Waals surface area contributed by atoms with Crippen LogP contribution in [0.5, 0.6) is 0 Å². The zero-order valence-electron chi connectivity index (χ0n) is 11.8. The first kappa shape index (κ1) is 16.8. The van der Waals surface area contributed by atoms with E-state index in [1.54, 1.807) is 36.8 Å².